The topological polar surface area (TPSA) is 95.6 Å². The summed E-state index contributed by atoms with van der Waals surface area (Å²) in [5, 5.41) is 5.71. The lowest BCUT2D eigenvalue weighted by molar-refractivity contribution is -0.138. The fourth-order valence-corrected chi connectivity index (χ4v) is 4.51. The van der Waals surface area contributed by atoms with Crippen molar-refractivity contribution < 1.29 is 18.6 Å². The molecule has 1 aliphatic rings. The average molecular weight is 450 g/mol. The number of nitrogens with zero attached hydrogens (tertiary/aromatic N) is 1. The van der Waals surface area contributed by atoms with Gasteiger partial charge in [0.2, 0.25) is 17.7 Å². The standard InChI is InChI=1S/C23H35N3O4S/c1-17-10-12-19(13-11-17)25-21(28)15-31(30)16-22(29)26(23(2,3)4)14-20(27)24-18-8-6-5-7-9-18/h10-13,18H,5-9,14-16H2,1-4H3,(H,24,27)(H,25,28)/t31-/m0/s1. The molecule has 1 atom stereocenters. The number of nitrogens with one attached hydrogen (secondary N) is 2. The quantitative estimate of drug-likeness (QED) is 0.638. The van der Waals surface area contributed by atoms with Crippen LogP contribution in [0.5, 0.6) is 0 Å². The molecule has 2 rings (SSSR count). The highest BCUT2D eigenvalue weighted by Gasteiger charge is 2.30. The molecule has 0 saturated heterocycles. The first kappa shape index (κ1) is 25.0. The van der Waals surface area contributed by atoms with Gasteiger partial charge in [0.1, 0.15) is 18.1 Å². The molecule has 0 aliphatic heterocycles. The zero-order valence-corrected chi connectivity index (χ0v) is 19.8. The van der Waals surface area contributed by atoms with Gasteiger partial charge in [0.15, 0.2) is 0 Å². The molecule has 0 radical (unpaired) electrons. The molecule has 7 nitrogen and oxygen atoms in total. The summed E-state index contributed by atoms with van der Waals surface area (Å²) in [5.41, 5.74) is 1.09. The Bertz CT molecular complexity index is 796. The molecule has 3 amide bonds. The van der Waals surface area contributed by atoms with Crippen molar-refractivity contribution in [1.82, 2.24) is 10.2 Å². The molecule has 0 spiro atoms. The van der Waals surface area contributed by atoms with Crippen molar-refractivity contribution in [1.29, 1.82) is 0 Å². The van der Waals surface area contributed by atoms with Crippen LogP contribution in [0.1, 0.15) is 58.4 Å². The van der Waals surface area contributed by atoms with Gasteiger partial charge in [0.25, 0.3) is 0 Å². The average Bonchev–Trinajstić information content (AvgIpc) is 2.67. The van der Waals surface area contributed by atoms with Gasteiger partial charge in [0.05, 0.1) is 0 Å². The summed E-state index contributed by atoms with van der Waals surface area (Å²) in [6.45, 7) is 7.39. The van der Waals surface area contributed by atoms with Gasteiger partial charge < -0.3 is 15.5 Å². The molecule has 0 unspecified atom stereocenters. The number of rotatable bonds is 8. The van der Waals surface area contributed by atoms with E-state index in [4.69, 9.17) is 0 Å². The second-order valence-corrected chi connectivity index (χ2v) is 10.7. The minimum atomic E-state index is -1.67. The van der Waals surface area contributed by atoms with Gasteiger partial charge >= 0.3 is 0 Å². The monoisotopic (exact) mass is 449 g/mol. The predicted octanol–water partition coefficient (Wildman–Crippen LogP) is 2.76. The molecule has 31 heavy (non-hydrogen) atoms. The van der Waals surface area contributed by atoms with E-state index in [1.807, 2.05) is 39.8 Å². The van der Waals surface area contributed by atoms with E-state index in [1.165, 1.54) is 11.3 Å². The van der Waals surface area contributed by atoms with Crippen molar-refractivity contribution in [3.8, 4) is 0 Å². The predicted molar refractivity (Wildman–Crippen MR) is 124 cm³/mol. The highest BCUT2D eigenvalue weighted by Crippen LogP contribution is 2.18. The molecular weight excluding hydrogens is 414 g/mol. The van der Waals surface area contributed by atoms with Gasteiger partial charge in [-0.25, -0.2) is 0 Å². The first-order valence-electron chi connectivity index (χ1n) is 10.9. The summed E-state index contributed by atoms with van der Waals surface area (Å²) >= 11 is 0. The second-order valence-electron chi connectivity index (χ2n) is 9.20. The van der Waals surface area contributed by atoms with Gasteiger partial charge in [-0.05, 0) is 52.7 Å². The molecule has 0 aromatic heterocycles. The Hall–Kier alpha value is -2.22. The van der Waals surface area contributed by atoms with E-state index in [0.29, 0.717) is 5.69 Å². The van der Waals surface area contributed by atoms with E-state index in [9.17, 15) is 18.6 Å². The maximum atomic E-state index is 12.8. The lowest BCUT2D eigenvalue weighted by Gasteiger charge is -2.35. The number of aryl methyl sites for hydroxylation is 1. The van der Waals surface area contributed by atoms with Gasteiger partial charge in [-0.1, -0.05) is 37.0 Å². The Morgan fingerprint density at radius 1 is 1.00 bits per heavy atom. The van der Waals surface area contributed by atoms with E-state index in [0.717, 1.165) is 31.2 Å². The van der Waals surface area contributed by atoms with Crippen molar-refractivity contribution in [2.45, 2.75) is 71.4 Å². The fourth-order valence-electron chi connectivity index (χ4n) is 3.61. The van der Waals surface area contributed by atoms with Crippen LogP contribution in [0, 0.1) is 6.92 Å². The Labute approximate surface area is 187 Å². The van der Waals surface area contributed by atoms with Crippen molar-refractivity contribution in [3.63, 3.8) is 0 Å². The van der Waals surface area contributed by atoms with E-state index in [1.54, 1.807) is 12.1 Å². The molecule has 1 aromatic rings. The third kappa shape index (κ3) is 8.81. The maximum absolute atomic E-state index is 12.8. The Kier molecular flexibility index (Phi) is 9.22. The minimum absolute atomic E-state index is 0.0778. The normalized spacial score (nSPS) is 15.7. The van der Waals surface area contributed by atoms with Gasteiger partial charge in [0, 0.05) is 28.1 Å². The molecule has 0 bridgehead atoms. The Morgan fingerprint density at radius 2 is 1.61 bits per heavy atom. The summed E-state index contributed by atoms with van der Waals surface area (Å²) in [6.07, 6.45) is 5.35. The molecule has 2 N–H and O–H groups in total. The summed E-state index contributed by atoms with van der Waals surface area (Å²) in [5.74, 6) is -1.57. The second kappa shape index (κ2) is 11.4. The first-order chi connectivity index (χ1) is 14.5. The number of anilines is 1. The van der Waals surface area contributed by atoms with E-state index in [2.05, 4.69) is 10.6 Å². The smallest absolute Gasteiger partial charge is 0.239 e. The van der Waals surface area contributed by atoms with Crippen LogP contribution < -0.4 is 10.6 Å². The fraction of sp³-hybridized carbons (Fsp3) is 0.609. The molecule has 8 heteroatoms. The third-order valence-electron chi connectivity index (χ3n) is 5.29. The first-order valence-corrected chi connectivity index (χ1v) is 12.3. The molecule has 1 saturated carbocycles. The number of amides is 3. The SMILES string of the molecule is Cc1ccc(NC(=O)C[S@](=O)CC(=O)N(CC(=O)NC2CCCCC2)C(C)(C)C)cc1. The van der Waals surface area contributed by atoms with Crippen molar-refractivity contribution >= 4 is 34.2 Å². The summed E-state index contributed by atoms with van der Waals surface area (Å²) < 4.78 is 12.4. The van der Waals surface area contributed by atoms with E-state index >= 15 is 0 Å². The number of carbonyl (C=O) groups excluding carboxylic acids is 3. The molecule has 1 aliphatic carbocycles. The van der Waals surface area contributed by atoms with Crippen LogP contribution in [0.15, 0.2) is 24.3 Å². The number of carbonyl (C=O) groups is 3. The van der Waals surface area contributed by atoms with E-state index < -0.39 is 28.2 Å². The molecular formula is C23H35N3O4S. The van der Waals surface area contributed by atoms with Crippen LogP contribution in [-0.4, -0.2) is 56.5 Å². The molecule has 0 heterocycles. The van der Waals surface area contributed by atoms with Crippen LogP contribution in [0.3, 0.4) is 0 Å². The zero-order valence-electron chi connectivity index (χ0n) is 19.0. The Morgan fingerprint density at radius 3 is 2.19 bits per heavy atom. The highest BCUT2D eigenvalue weighted by atomic mass is 32.2. The number of hydrogen-bond donors (Lipinski definition) is 2. The molecule has 1 aromatic carbocycles. The molecule has 172 valence electrons. The van der Waals surface area contributed by atoms with Gasteiger partial charge in [-0.2, -0.15) is 0 Å². The van der Waals surface area contributed by atoms with Crippen molar-refractivity contribution in [2.75, 3.05) is 23.4 Å². The van der Waals surface area contributed by atoms with Crippen molar-refractivity contribution in [2.24, 2.45) is 0 Å². The lowest BCUT2D eigenvalue weighted by atomic mass is 9.95. The molecule has 1 fully saturated rings. The largest absolute Gasteiger partial charge is 0.352 e. The van der Waals surface area contributed by atoms with Crippen LogP contribution in [0.2, 0.25) is 0 Å². The summed E-state index contributed by atoms with van der Waals surface area (Å²) in [4.78, 5) is 39.0. The van der Waals surface area contributed by atoms with Crippen LogP contribution in [-0.2, 0) is 25.2 Å². The highest BCUT2D eigenvalue weighted by molar-refractivity contribution is 7.86. The maximum Gasteiger partial charge on any atom is 0.239 e. The minimum Gasteiger partial charge on any atom is -0.352 e. The van der Waals surface area contributed by atoms with Crippen LogP contribution in [0.4, 0.5) is 5.69 Å². The third-order valence-corrected chi connectivity index (χ3v) is 6.45. The zero-order chi connectivity index (χ0) is 23.0. The number of benzene rings is 1. The van der Waals surface area contributed by atoms with Crippen molar-refractivity contribution in [3.05, 3.63) is 29.8 Å². The number of hydrogen-bond acceptors (Lipinski definition) is 4. The summed E-state index contributed by atoms with van der Waals surface area (Å²) in [7, 11) is -1.67. The lowest BCUT2D eigenvalue weighted by Crippen LogP contribution is -2.53. The van der Waals surface area contributed by atoms with Gasteiger partial charge in [-0.15, -0.1) is 0 Å². The Balaban J connectivity index is 1.88. The van der Waals surface area contributed by atoms with Gasteiger partial charge in [-0.3, -0.25) is 18.6 Å². The summed E-state index contributed by atoms with van der Waals surface area (Å²) in [6, 6.07) is 7.45. The van der Waals surface area contributed by atoms with E-state index in [-0.39, 0.29) is 30.0 Å². The van der Waals surface area contributed by atoms with Crippen LogP contribution in [0.25, 0.3) is 0 Å². The van der Waals surface area contributed by atoms with Crippen LogP contribution >= 0.6 is 0 Å².